The average molecular weight is 341 g/mol. The molecule has 0 fully saturated rings. The molecule has 4 nitrogen and oxygen atoms in total. The second kappa shape index (κ2) is 18.0. The van der Waals surface area contributed by atoms with Crippen molar-refractivity contribution in [1.29, 1.82) is 0 Å². The molecule has 0 saturated carbocycles. The number of carboxylic acids is 1. The SMILES string of the molecule is COC(=O)C=CCCCCCCCCCCCCCCCC(=O)O. The van der Waals surface area contributed by atoms with Crippen LogP contribution in [0.1, 0.15) is 96.3 Å². The van der Waals surface area contributed by atoms with Gasteiger partial charge in [-0.25, -0.2) is 4.79 Å². The van der Waals surface area contributed by atoms with Gasteiger partial charge in [-0.3, -0.25) is 4.79 Å². The molecule has 0 atom stereocenters. The summed E-state index contributed by atoms with van der Waals surface area (Å²) in [5, 5.41) is 8.54. The van der Waals surface area contributed by atoms with Crippen LogP contribution in [0, 0.1) is 0 Å². The molecule has 4 heteroatoms. The van der Waals surface area contributed by atoms with Gasteiger partial charge in [-0.1, -0.05) is 76.7 Å². The molecule has 140 valence electrons. The Morgan fingerprint density at radius 3 is 1.58 bits per heavy atom. The maximum absolute atomic E-state index is 10.9. The number of allylic oxidation sites excluding steroid dienone is 1. The van der Waals surface area contributed by atoms with Crippen molar-refractivity contribution in [2.45, 2.75) is 96.3 Å². The number of unbranched alkanes of at least 4 members (excludes halogenated alkanes) is 13. The minimum absolute atomic E-state index is 0.268. The molecule has 0 rings (SSSR count). The quantitative estimate of drug-likeness (QED) is 0.211. The molecule has 0 spiro atoms. The molecular weight excluding hydrogens is 304 g/mol. The molecule has 0 aliphatic heterocycles. The van der Waals surface area contributed by atoms with Crippen molar-refractivity contribution in [2.24, 2.45) is 0 Å². The number of carbonyl (C=O) groups excluding carboxylic acids is 1. The smallest absolute Gasteiger partial charge is 0.330 e. The van der Waals surface area contributed by atoms with Crippen molar-refractivity contribution in [3.05, 3.63) is 12.2 Å². The highest BCUT2D eigenvalue weighted by atomic mass is 16.5. The zero-order valence-electron chi connectivity index (χ0n) is 15.4. The Balaban J connectivity index is 3.09. The third-order valence-electron chi connectivity index (χ3n) is 4.22. The minimum Gasteiger partial charge on any atom is -0.481 e. The van der Waals surface area contributed by atoms with Gasteiger partial charge in [0.05, 0.1) is 7.11 Å². The maximum Gasteiger partial charge on any atom is 0.330 e. The number of hydrogen-bond acceptors (Lipinski definition) is 3. The van der Waals surface area contributed by atoms with Crippen molar-refractivity contribution in [3.63, 3.8) is 0 Å². The molecule has 0 radical (unpaired) electrons. The largest absolute Gasteiger partial charge is 0.481 e. The van der Waals surface area contributed by atoms with E-state index in [1.807, 2.05) is 6.08 Å². The standard InChI is InChI=1S/C20H36O4/c1-24-20(23)18-16-14-12-10-8-6-4-2-3-5-7-9-11-13-15-17-19(21)22/h16,18H,2-15,17H2,1H3,(H,21,22). The van der Waals surface area contributed by atoms with Crippen LogP contribution < -0.4 is 0 Å². The van der Waals surface area contributed by atoms with Gasteiger partial charge in [-0.15, -0.1) is 0 Å². The number of esters is 1. The zero-order valence-corrected chi connectivity index (χ0v) is 15.4. The highest BCUT2D eigenvalue weighted by Crippen LogP contribution is 2.13. The van der Waals surface area contributed by atoms with Gasteiger partial charge in [0.25, 0.3) is 0 Å². The predicted octanol–water partition coefficient (Wildman–Crippen LogP) is 5.65. The molecule has 0 amide bonds. The molecule has 0 aromatic heterocycles. The van der Waals surface area contributed by atoms with Crippen LogP contribution >= 0.6 is 0 Å². The summed E-state index contributed by atoms with van der Waals surface area (Å²) < 4.78 is 4.54. The first-order valence-corrected chi connectivity index (χ1v) is 9.63. The van der Waals surface area contributed by atoms with Crippen LogP contribution in [-0.2, 0) is 14.3 Å². The van der Waals surface area contributed by atoms with Gasteiger partial charge in [-0.05, 0) is 19.3 Å². The molecule has 0 bridgehead atoms. The van der Waals surface area contributed by atoms with Crippen molar-refractivity contribution in [1.82, 2.24) is 0 Å². The van der Waals surface area contributed by atoms with E-state index in [0.717, 1.165) is 25.7 Å². The Hall–Kier alpha value is -1.32. The zero-order chi connectivity index (χ0) is 17.9. The third-order valence-corrected chi connectivity index (χ3v) is 4.22. The summed E-state index contributed by atoms with van der Waals surface area (Å²) in [5.41, 5.74) is 0. The number of rotatable bonds is 17. The van der Waals surface area contributed by atoms with Crippen LogP contribution in [0.4, 0.5) is 0 Å². The molecule has 24 heavy (non-hydrogen) atoms. The molecule has 0 heterocycles. The number of ether oxygens (including phenoxy) is 1. The first-order valence-electron chi connectivity index (χ1n) is 9.63. The van der Waals surface area contributed by atoms with Crippen LogP contribution in [0.2, 0.25) is 0 Å². The van der Waals surface area contributed by atoms with Gasteiger partial charge < -0.3 is 9.84 Å². The second-order valence-corrected chi connectivity index (χ2v) is 6.45. The fourth-order valence-electron chi connectivity index (χ4n) is 2.73. The maximum atomic E-state index is 10.9. The summed E-state index contributed by atoms with van der Waals surface area (Å²) in [4.78, 5) is 21.2. The third kappa shape index (κ3) is 18.7. The van der Waals surface area contributed by atoms with Crippen molar-refractivity contribution in [3.8, 4) is 0 Å². The van der Waals surface area contributed by atoms with Gasteiger partial charge in [0, 0.05) is 12.5 Å². The van der Waals surface area contributed by atoms with E-state index >= 15 is 0 Å². The number of methoxy groups -OCH3 is 1. The summed E-state index contributed by atoms with van der Waals surface area (Å²) in [6, 6.07) is 0. The molecule has 1 N–H and O–H groups in total. The predicted molar refractivity (Wildman–Crippen MR) is 98.0 cm³/mol. The normalized spacial score (nSPS) is 11.0. The Labute approximate surface area is 147 Å². The van der Waals surface area contributed by atoms with Gasteiger partial charge in [0.1, 0.15) is 0 Å². The number of hydrogen-bond donors (Lipinski definition) is 1. The summed E-state index contributed by atoms with van der Waals surface area (Å²) in [6.45, 7) is 0. The highest BCUT2D eigenvalue weighted by molar-refractivity contribution is 5.81. The summed E-state index contributed by atoms with van der Waals surface area (Å²) in [5.74, 6) is -0.942. The second-order valence-electron chi connectivity index (χ2n) is 6.45. The van der Waals surface area contributed by atoms with E-state index in [1.54, 1.807) is 0 Å². The molecule has 0 aromatic rings. The number of aliphatic carboxylic acids is 1. The van der Waals surface area contributed by atoms with Crippen LogP contribution in [-0.4, -0.2) is 24.2 Å². The fourth-order valence-corrected chi connectivity index (χ4v) is 2.73. The Bertz CT molecular complexity index is 337. The van der Waals surface area contributed by atoms with E-state index in [9.17, 15) is 9.59 Å². The van der Waals surface area contributed by atoms with Crippen LogP contribution in [0.5, 0.6) is 0 Å². The monoisotopic (exact) mass is 340 g/mol. The minimum atomic E-state index is -0.673. The molecule has 0 saturated heterocycles. The highest BCUT2D eigenvalue weighted by Gasteiger charge is 1.97. The Morgan fingerprint density at radius 1 is 0.750 bits per heavy atom. The van der Waals surface area contributed by atoms with Gasteiger partial charge >= 0.3 is 11.9 Å². The van der Waals surface area contributed by atoms with E-state index in [1.165, 1.54) is 77.4 Å². The number of carboxylic acid groups (broad SMARTS) is 1. The molecular formula is C20H36O4. The van der Waals surface area contributed by atoms with Gasteiger partial charge in [0.15, 0.2) is 0 Å². The van der Waals surface area contributed by atoms with Crippen molar-refractivity contribution in [2.75, 3.05) is 7.11 Å². The van der Waals surface area contributed by atoms with E-state index in [2.05, 4.69) is 4.74 Å². The summed E-state index contributed by atoms with van der Waals surface area (Å²) in [7, 11) is 1.40. The molecule has 0 unspecified atom stereocenters. The van der Waals surface area contributed by atoms with E-state index in [4.69, 9.17) is 5.11 Å². The first kappa shape index (κ1) is 22.7. The fraction of sp³-hybridized carbons (Fsp3) is 0.800. The van der Waals surface area contributed by atoms with Crippen LogP contribution in [0.15, 0.2) is 12.2 Å². The first-order chi connectivity index (χ1) is 11.7. The lowest BCUT2D eigenvalue weighted by molar-refractivity contribution is -0.137. The van der Waals surface area contributed by atoms with Crippen molar-refractivity contribution >= 4 is 11.9 Å². The number of carbonyl (C=O) groups is 2. The van der Waals surface area contributed by atoms with E-state index in [0.29, 0.717) is 6.42 Å². The summed E-state index contributed by atoms with van der Waals surface area (Å²) in [6.07, 6.45) is 20.6. The van der Waals surface area contributed by atoms with Crippen LogP contribution in [0.25, 0.3) is 0 Å². The van der Waals surface area contributed by atoms with E-state index < -0.39 is 5.97 Å². The Kier molecular flexibility index (Phi) is 17.0. The van der Waals surface area contributed by atoms with E-state index in [-0.39, 0.29) is 5.97 Å². The summed E-state index contributed by atoms with van der Waals surface area (Å²) >= 11 is 0. The molecule has 0 aromatic carbocycles. The Morgan fingerprint density at radius 2 is 1.17 bits per heavy atom. The topological polar surface area (TPSA) is 63.6 Å². The van der Waals surface area contributed by atoms with Crippen molar-refractivity contribution < 1.29 is 19.4 Å². The molecule has 0 aliphatic carbocycles. The lowest BCUT2D eigenvalue weighted by Crippen LogP contribution is -1.93. The lowest BCUT2D eigenvalue weighted by Gasteiger charge is -2.03. The van der Waals surface area contributed by atoms with Gasteiger partial charge in [-0.2, -0.15) is 0 Å². The van der Waals surface area contributed by atoms with Crippen LogP contribution in [0.3, 0.4) is 0 Å². The lowest BCUT2D eigenvalue weighted by atomic mass is 10.0. The molecule has 0 aliphatic rings. The average Bonchev–Trinajstić information content (AvgIpc) is 2.57. The van der Waals surface area contributed by atoms with Gasteiger partial charge in [0.2, 0.25) is 0 Å².